The molecule has 1 saturated heterocycles. The molecule has 0 unspecified atom stereocenters. The van der Waals surface area contributed by atoms with Crippen LogP contribution in [0.15, 0.2) is 12.1 Å². The van der Waals surface area contributed by atoms with Crippen molar-refractivity contribution in [2.45, 2.75) is 39.8 Å². The SMILES string of the molecule is CCCNC(=O)[C@H](C)NC(=O)CN1CCN(Cc2cc(OC)c(OC)cc2C)CC1. The Bertz CT molecular complexity index is 717. The summed E-state index contributed by atoms with van der Waals surface area (Å²) in [6.45, 7) is 11.0. The summed E-state index contributed by atoms with van der Waals surface area (Å²) in [7, 11) is 3.29. The molecule has 0 bridgehead atoms. The molecule has 0 spiro atoms. The fourth-order valence-corrected chi connectivity index (χ4v) is 3.50. The number of nitrogens with one attached hydrogen (secondary N) is 2. The molecular formula is C22H36N4O4. The van der Waals surface area contributed by atoms with E-state index < -0.39 is 6.04 Å². The number of methoxy groups -OCH3 is 2. The molecule has 1 aromatic rings. The Morgan fingerprint density at radius 2 is 1.67 bits per heavy atom. The number of nitrogens with zero attached hydrogens (tertiary/aromatic N) is 2. The van der Waals surface area contributed by atoms with Gasteiger partial charge in [0, 0.05) is 39.3 Å². The predicted octanol–water partition coefficient (Wildman–Crippen LogP) is 1.16. The fraction of sp³-hybridized carbons (Fsp3) is 0.636. The third-order valence-corrected chi connectivity index (χ3v) is 5.39. The van der Waals surface area contributed by atoms with E-state index in [1.165, 1.54) is 11.1 Å². The van der Waals surface area contributed by atoms with Crippen LogP contribution in [0.2, 0.25) is 0 Å². The number of amides is 2. The molecule has 2 N–H and O–H groups in total. The standard InChI is InChI=1S/C22H36N4O4/c1-6-7-23-22(28)17(3)24-21(27)15-26-10-8-25(9-11-26)14-18-13-20(30-5)19(29-4)12-16(18)2/h12-13,17H,6-11,14-15H2,1-5H3,(H,23,28)(H,24,27)/t17-/m0/s1. The lowest BCUT2D eigenvalue weighted by atomic mass is 10.1. The van der Waals surface area contributed by atoms with E-state index in [9.17, 15) is 9.59 Å². The van der Waals surface area contributed by atoms with Crippen LogP contribution in [0.3, 0.4) is 0 Å². The molecule has 1 heterocycles. The Hall–Kier alpha value is -2.32. The molecule has 2 rings (SSSR count). The number of piperazine rings is 1. The molecule has 8 nitrogen and oxygen atoms in total. The van der Waals surface area contributed by atoms with E-state index >= 15 is 0 Å². The number of rotatable bonds is 10. The summed E-state index contributed by atoms with van der Waals surface area (Å²) in [5.74, 6) is 1.23. The molecule has 0 aromatic heterocycles. The molecule has 1 atom stereocenters. The predicted molar refractivity (Wildman–Crippen MR) is 117 cm³/mol. The minimum absolute atomic E-state index is 0.113. The number of ether oxygens (including phenoxy) is 2. The van der Waals surface area contributed by atoms with E-state index in [4.69, 9.17) is 9.47 Å². The van der Waals surface area contributed by atoms with Crippen molar-refractivity contribution < 1.29 is 19.1 Å². The van der Waals surface area contributed by atoms with Crippen molar-refractivity contribution in [3.8, 4) is 11.5 Å². The van der Waals surface area contributed by atoms with Crippen LogP contribution < -0.4 is 20.1 Å². The van der Waals surface area contributed by atoms with Crippen molar-refractivity contribution in [3.05, 3.63) is 23.3 Å². The Kier molecular flexibility index (Phi) is 9.39. The Morgan fingerprint density at radius 1 is 1.07 bits per heavy atom. The lowest BCUT2D eigenvalue weighted by Crippen LogP contribution is -2.52. The summed E-state index contributed by atoms with van der Waals surface area (Å²) in [6.07, 6.45) is 0.875. The zero-order valence-corrected chi connectivity index (χ0v) is 18.9. The van der Waals surface area contributed by atoms with Crippen molar-refractivity contribution >= 4 is 11.8 Å². The largest absolute Gasteiger partial charge is 0.493 e. The van der Waals surface area contributed by atoms with E-state index in [0.29, 0.717) is 13.1 Å². The van der Waals surface area contributed by atoms with Gasteiger partial charge in [0.15, 0.2) is 11.5 Å². The molecule has 8 heteroatoms. The first-order chi connectivity index (χ1) is 14.4. The molecule has 1 aromatic carbocycles. The molecule has 1 aliphatic rings. The number of carbonyl (C=O) groups is 2. The van der Waals surface area contributed by atoms with E-state index in [1.807, 2.05) is 19.1 Å². The van der Waals surface area contributed by atoms with Gasteiger partial charge in [-0.2, -0.15) is 0 Å². The minimum Gasteiger partial charge on any atom is -0.493 e. The highest BCUT2D eigenvalue weighted by Crippen LogP contribution is 2.30. The van der Waals surface area contributed by atoms with Crippen LogP contribution in [-0.2, 0) is 16.1 Å². The average Bonchev–Trinajstić information content (AvgIpc) is 2.74. The number of hydrogen-bond acceptors (Lipinski definition) is 6. The van der Waals surface area contributed by atoms with Crippen LogP contribution in [-0.4, -0.2) is 81.1 Å². The number of aryl methyl sites for hydroxylation is 1. The third kappa shape index (κ3) is 6.88. The minimum atomic E-state index is -0.515. The normalized spacial score (nSPS) is 16.0. The third-order valence-electron chi connectivity index (χ3n) is 5.39. The quantitative estimate of drug-likeness (QED) is 0.591. The molecule has 2 amide bonds. The van der Waals surface area contributed by atoms with Gasteiger partial charge >= 0.3 is 0 Å². The van der Waals surface area contributed by atoms with Crippen LogP contribution in [0, 0.1) is 6.92 Å². The molecular weight excluding hydrogens is 384 g/mol. The van der Waals surface area contributed by atoms with Gasteiger partial charge in [-0.3, -0.25) is 19.4 Å². The molecule has 0 aliphatic carbocycles. The molecule has 0 saturated carbocycles. The van der Waals surface area contributed by atoms with Crippen LogP contribution >= 0.6 is 0 Å². The maximum Gasteiger partial charge on any atom is 0.242 e. The van der Waals surface area contributed by atoms with Crippen molar-refractivity contribution in [1.29, 1.82) is 0 Å². The van der Waals surface area contributed by atoms with Gasteiger partial charge in [-0.25, -0.2) is 0 Å². The summed E-state index contributed by atoms with van der Waals surface area (Å²) in [5, 5.41) is 5.58. The van der Waals surface area contributed by atoms with Crippen molar-refractivity contribution in [2.24, 2.45) is 0 Å². The first-order valence-electron chi connectivity index (χ1n) is 10.6. The van der Waals surface area contributed by atoms with Gasteiger partial charge in [-0.15, -0.1) is 0 Å². The molecule has 0 radical (unpaired) electrons. The van der Waals surface area contributed by atoms with Gasteiger partial charge in [0.2, 0.25) is 11.8 Å². The summed E-state index contributed by atoms with van der Waals surface area (Å²) < 4.78 is 10.8. The van der Waals surface area contributed by atoms with E-state index in [-0.39, 0.29) is 11.8 Å². The maximum atomic E-state index is 12.3. The highest BCUT2D eigenvalue weighted by atomic mass is 16.5. The highest BCUT2D eigenvalue weighted by molar-refractivity contribution is 5.87. The second kappa shape index (κ2) is 11.8. The molecule has 30 heavy (non-hydrogen) atoms. The Balaban J connectivity index is 1.80. The molecule has 168 valence electrons. The van der Waals surface area contributed by atoms with E-state index in [2.05, 4.69) is 27.4 Å². The maximum absolute atomic E-state index is 12.3. The summed E-state index contributed by atoms with van der Waals surface area (Å²) in [5.41, 5.74) is 2.38. The van der Waals surface area contributed by atoms with Crippen LogP contribution in [0.25, 0.3) is 0 Å². The van der Waals surface area contributed by atoms with E-state index in [1.54, 1.807) is 21.1 Å². The van der Waals surface area contributed by atoms with Gasteiger partial charge in [-0.1, -0.05) is 6.92 Å². The zero-order valence-electron chi connectivity index (χ0n) is 18.9. The monoisotopic (exact) mass is 420 g/mol. The van der Waals surface area contributed by atoms with Crippen LogP contribution in [0.1, 0.15) is 31.4 Å². The molecule has 1 aliphatic heterocycles. The Labute approximate surface area is 179 Å². The highest BCUT2D eigenvalue weighted by Gasteiger charge is 2.22. The first-order valence-corrected chi connectivity index (χ1v) is 10.6. The van der Waals surface area contributed by atoms with Crippen LogP contribution in [0.5, 0.6) is 11.5 Å². The fourth-order valence-electron chi connectivity index (χ4n) is 3.50. The first kappa shape index (κ1) is 24.0. The van der Waals surface area contributed by atoms with Gasteiger partial charge in [0.05, 0.1) is 20.8 Å². The van der Waals surface area contributed by atoms with Crippen molar-refractivity contribution in [3.63, 3.8) is 0 Å². The Morgan fingerprint density at radius 3 is 2.27 bits per heavy atom. The average molecular weight is 421 g/mol. The lowest BCUT2D eigenvalue weighted by molar-refractivity contribution is -0.129. The van der Waals surface area contributed by atoms with Gasteiger partial charge in [0.1, 0.15) is 6.04 Å². The number of carbonyl (C=O) groups excluding carboxylic acids is 2. The second-order valence-corrected chi connectivity index (χ2v) is 7.77. The topological polar surface area (TPSA) is 83.1 Å². The van der Waals surface area contributed by atoms with E-state index in [0.717, 1.165) is 50.6 Å². The van der Waals surface area contributed by atoms with Crippen LogP contribution in [0.4, 0.5) is 0 Å². The number of hydrogen-bond donors (Lipinski definition) is 2. The van der Waals surface area contributed by atoms with Gasteiger partial charge in [-0.05, 0) is 43.5 Å². The molecule has 1 fully saturated rings. The second-order valence-electron chi connectivity index (χ2n) is 7.77. The van der Waals surface area contributed by atoms with Gasteiger partial charge < -0.3 is 20.1 Å². The summed E-state index contributed by atoms with van der Waals surface area (Å²) in [6, 6.07) is 3.53. The van der Waals surface area contributed by atoms with Gasteiger partial charge in [0.25, 0.3) is 0 Å². The smallest absolute Gasteiger partial charge is 0.242 e. The summed E-state index contributed by atoms with van der Waals surface area (Å²) in [4.78, 5) is 28.7. The lowest BCUT2D eigenvalue weighted by Gasteiger charge is -2.34. The number of benzene rings is 1. The summed E-state index contributed by atoms with van der Waals surface area (Å²) >= 11 is 0. The van der Waals surface area contributed by atoms with Crippen molar-refractivity contribution in [1.82, 2.24) is 20.4 Å². The van der Waals surface area contributed by atoms with Crippen molar-refractivity contribution in [2.75, 3.05) is 53.5 Å². The zero-order chi connectivity index (χ0) is 22.1.